The third-order valence-corrected chi connectivity index (χ3v) is 3.09. The summed E-state index contributed by atoms with van der Waals surface area (Å²) >= 11 is 0. The largest absolute Gasteiger partial charge is 0.504 e. The van der Waals surface area contributed by atoms with Gasteiger partial charge in [-0.1, -0.05) is 0 Å². The van der Waals surface area contributed by atoms with Gasteiger partial charge in [0.1, 0.15) is 17.4 Å². The van der Waals surface area contributed by atoms with Crippen LogP contribution in [-0.4, -0.2) is 24.3 Å². The Bertz CT molecular complexity index is 787. The normalized spacial score (nSPS) is 10.0. The molecule has 0 saturated heterocycles. The molecule has 0 bridgehead atoms. The lowest BCUT2D eigenvalue weighted by Gasteiger charge is -2.14. The van der Waals surface area contributed by atoms with E-state index < -0.39 is 5.56 Å². The van der Waals surface area contributed by atoms with Gasteiger partial charge in [0.05, 0.1) is 19.8 Å². The summed E-state index contributed by atoms with van der Waals surface area (Å²) in [5, 5.41) is 19.5. The van der Waals surface area contributed by atoms with Crippen molar-refractivity contribution in [3.63, 3.8) is 0 Å². The second-order valence-corrected chi connectivity index (χ2v) is 4.38. The van der Waals surface area contributed by atoms with Crippen LogP contribution in [0.4, 0.5) is 0 Å². The number of hydrogen-bond acceptors (Lipinski definition) is 5. The van der Waals surface area contributed by atoms with E-state index in [0.29, 0.717) is 17.0 Å². The standard InChI is InChI=1S/C15H14N2O4/c1-8-6-9(10(7-16)15(19)17-8)13-11(20-2)4-5-12(21-3)14(13)18/h4-6,18H,1-3H3,(H,17,19). The van der Waals surface area contributed by atoms with Gasteiger partial charge in [-0.15, -0.1) is 0 Å². The molecule has 0 radical (unpaired) electrons. The number of aromatic amines is 1. The molecule has 0 aliphatic carbocycles. The molecule has 0 aliphatic heterocycles. The number of hydrogen-bond donors (Lipinski definition) is 2. The first-order valence-electron chi connectivity index (χ1n) is 6.11. The number of aromatic hydroxyl groups is 1. The summed E-state index contributed by atoms with van der Waals surface area (Å²) in [6.07, 6.45) is 0. The average Bonchev–Trinajstić information content (AvgIpc) is 2.46. The van der Waals surface area contributed by atoms with Gasteiger partial charge in [0.15, 0.2) is 11.5 Å². The zero-order chi connectivity index (χ0) is 15.6. The van der Waals surface area contributed by atoms with Gasteiger partial charge in [-0.3, -0.25) is 4.79 Å². The molecule has 0 spiro atoms. The van der Waals surface area contributed by atoms with E-state index in [1.54, 1.807) is 25.1 Å². The first-order chi connectivity index (χ1) is 10.0. The minimum atomic E-state index is -0.517. The first-order valence-corrected chi connectivity index (χ1v) is 6.11. The number of phenols is 1. The minimum absolute atomic E-state index is 0.0950. The number of nitrogens with one attached hydrogen (secondary N) is 1. The lowest BCUT2D eigenvalue weighted by atomic mass is 9.98. The Labute approximate surface area is 121 Å². The summed E-state index contributed by atoms with van der Waals surface area (Å²) in [5.74, 6) is 0.390. The summed E-state index contributed by atoms with van der Waals surface area (Å²) in [5.41, 5.74) is 0.507. The van der Waals surface area contributed by atoms with Crippen LogP contribution < -0.4 is 15.0 Å². The number of ether oxygens (including phenoxy) is 2. The quantitative estimate of drug-likeness (QED) is 0.899. The predicted molar refractivity (Wildman–Crippen MR) is 76.7 cm³/mol. The van der Waals surface area contributed by atoms with Crippen molar-refractivity contribution in [3.8, 4) is 34.4 Å². The fourth-order valence-corrected chi connectivity index (χ4v) is 2.15. The van der Waals surface area contributed by atoms with Crippen LogP contribution >= 0.6 is 0 Å². The van der Waals surface area contributed by atoms with E-state index in [9.17, 15) is 15.2 Å². The van der Waals surface area contributed by atoms with Crippen LogP contribution in [0.2, 0.25) is 0 Å². The summed E-state index contributed by atoms with van der Waals surface area (Å²) in [7, 11) is 2.86. The summed E-state index contributed by atoms with van der Waals surface area (Å²) in [6, 6.07) is 6.61. The maximum Gasteiger partial charge on any atom is 0.266 e. The van der Waals surface area contributed by atoms with Crippen molar-refractivity contribution in [2.45, 2.75) is 6.92 Å². The van der Waals surface area contributed by atoms with Gasteiger partial charge >= 0.3 is 0 Å². The Balaban J connectivity index is 2.90. The Morgan fingerprint density at radius 2 is 1.86 bits per heavy atom. The maximum atomic E-state index is 11.9. The Hall–Kier alpha value is -2.94. The van der Waals surface area contributed by atoms with Gasteiger partial charge < -0.3 is 19.6 Å². The molecule has 1 aromatic carbocycles. The van der Waals surface area contributed by atoms with Gasteiger partial charge in [0, 0.05) is 11.3 Å². The molecule has 0 aliphatic rings. The van der Waals surface area contributed by atoms with E-state index in [2.05, 4.69) is 4.98 Å². The molecule has 2 rings (SSSR count). The number of rotatable bonds is 3. The van der Waals surface area contributed by atoms with Crippen LogP contribution in [0.25, 0.3) is 11.1 Å². The Kier molecular flexibility index (Phi) is 3.85. The smallest absolute Gasteiger partial charge is 0.266 e. The molecular weight excluding hydrogens is 272 g/mol. The van der Waals surface area contributed by atoms with E-state index >= 15 is 0 Å². The highest BCUT2D eigenvalue weighted by atomic mass is 16.5. The van der Waals surface area contributed by atoms with Crippen molar-refractivity contribution in [2.75, 3.05) is 14.2 Å². The lowest BCUT2D eigenvalue weighted by molar-refractivity contribution is 0.367. The molecule has 0 amide bonds. The predicted octanol–water partition coefficient (Wildman–Crippen LogP) is 1.94. The highest BCUT2D eigenvalue weighted by Crippen LogP contribution is 2.44. The fraction of sp³-hybridized carbons (Fsp3) is 0.200. The molecular formula is C15H14N2O4. The van der Waals surface area contributed by atoms with Crippen LogP contribution in [0.15, 0.2) is 23.0 Å². The molecule has 1 heterocycles. The summed E-state index contributed by atoms with van der Waals surface area (Å²) < 4.78 is 10.3. The van der Waals surface area contributed by atoms with Crippen molar-refractivity contribution in [1.82, 2.24) is 4.98 Å². The number of phenolic OH excluding ortho intramolecular Hbond substituents is 1. The van der Waals surface area contributed by atoms with Gasteiger partial charge in [-0.2, -0.15) is 5.26 Å². The Morgan fingerprint density at radius 3 is 2.43 bits per heavy atom. The van der Waals surface area contributed by atoms with Crippen LogP contribution in [0, 0.1) is 18.3 Å². The van der Waals surface area contributed by atoms with Gasteiger partial charge in [0.25, 0.3) is 5.56 Å². The van der Waals surface area contributed by atoms with E-state index in [0.717, 1.165) is 0 Å². The van der Waals surface area contributed by atoms with E-state index in [1.165, 1.54) is 14.2 Å². The van der Waals surface area contributed by atoms with Crippen molar-refractivity contribution >= 4 is 0 Å². The van der Waals surface area contributed by atoms with Gasteiger partial charge in [-0.05, 0) is 25.1 Å². The highest BCUT2D eigenvalue weighted by Gasteiger charge is 2.20. The number of nitrogens with zero attached hydrogens (tertiary/aromatic N) is 1. The zero-order valence-corrected chi connectivity index (χ0v) is 11.9. The number of aromatic nitrogens is 1. The number of methoxy groups -OCH3 is 2. The van der Waals surface area contributed by atoms with Gasteiger partial charge in [-0.25, -0.2) is 0 Å². The molecule has 6 heteroatoms. The van der Waals surface area contributed by atoms with Crippen molar-refractivity contribution in [3.05, 3.63) is 39.8 Å². The number of nitriles is 1. The number of aryl methyl sites for hydroxylation is 1. The molecule has 2 aromatic rings. The first kappa shape index (κ1) is 14.5. The molecule has 2 N–H and O–H groups in total. The minimum Gasteiger partial charge on any atom is -0.504 e. The van der Waals surface area contributed by atoms with Gasteiger partial charge in [0.2, 0.25) is 0 Å². The van der Waals surface area contributed by atoms with Crippen molar-refractivity contribution in [1.29, 1.82) is 5.26 Å². The number of H-pyrrole nitrogens is 1. The number of benzene rings is 1. The third-order valence-electron chi connectivity index (χ3n) is 3.09. The van der Waals surface area contributed by atoms with Crippen LogP contribution in [-0.2, 0) is 0 Å². The molecule has 1 aromatic heterocycles. The van der Waals surface area contributed by atoms with Crippen LogP contribution in [0.3, 0.4) is 0 Å². The SMILES string of the molecule is COc1ccc(OC)c(-c2cc(C)[nH]c(=O)c2C#N)c1O. The fourth-order valence-electron chi connectivity index (χ4n) is 2.15. The van der Waals surface area contributed by atoms with E-state index in [-0.39, 0.29) is 22.6 Å². The molecule has 0 atom stereocenters. The highest BCUT2D eigenvalue weighted by molar-refractivity contribution is 5.82. The summed E-state index contributed by atoms with van der Waals surface area (Å²) in [6.45, 7) is 1.69. The average molecular weight is 286 g/mol. The van der Waals surface area contributed by atoms with Crippen molar-refractivity contribution < 1.29 is 14.6 Å². The Morgan fingerprint density at radius 1 is 1.24 bits per heavy atom. The second-order valence-electron chi connectivity index (χ2n) is 4.38. The molecule has 6 nitrogen and oxygen atoms in total. The lowest BCUT2D eigenvalue weighted by Crippen LogP contribution is -2.13. The third kappa shape index (κ3) is 2.41. The van der Waals surface area contributed by atoms with Crippen LogP contribution in [0.1, 0.15) is 11.3 Å². The molecule has 0 unspecified atom stereocenters. The molecule has 108 valence electrons. The monoisotopic (exact) mass is 286 g/mol. The molecule has 0 saturated carbocycles. The molecule has 0 fully saturated rings. The molecule has 21 heavy (non-hydrogen) atoms. The maximum absolute atomic E-state index is 11.9. The van der Waals surface area contributed by atoms with E-state index in [4.69, 9.17) is 9.47 Å². The second kappa shape index (κ2) is 5.59. The van der Waals surface area contributed by atoms with E-state index in [1.807, 2.05) is 6.07 Å². The summed E-state index contributed by atoms with van der Waals surface area (Å²) in [4.78, 5) is 14.5. The topological polar surface area (TPSA) is 95.3 Å². The zero-order valence-electron chi connectivity index (χ0n) is 11.9. The van der Waals surface area contributed by atoms with Crippen molar-refractivity contribution in [2.24, 2.45) is 0 Å². The van der Waals surface area contributed by atoms with Crippen LogP contribution in [0.5, 0.6) is 17.2 Å². The number of pyridine rings is 1.